The SMILES string of the molecule is COc1c(C)cc(S(=O)(=O)n2c([N+](=O)[O-])cnc2C)c(C)c1C. The van der Waals surface area contributed by atoms with E-state index in [1.54, 1.807) is 20.8 Å². The third-order valence-electron chi connectivity index (χ3n) is 3.76. The molecule has 0 fully saturated rings. The molecular weight excluding hydrogens is 322 g/mol. The maximum Gasteiger partial charge on any atom is 0.358 e. The minimum atomic E-state index is -4.15. The van der Waals surface area contributed by atoms with Crippen molar-refractivity contribution >= 4 is 15.8 Å². The number of benzene rings is 1. The number of hydrogen-bond acceptors (Lipinski definition) is 6. The summed E-state index contributed by atoms with van der Waals surface area (Å²) < 4.78 is 31.8. The van der Waals surface area contributed by atoms with Gasteiger partial charge >= 0.3 is 15.8 Å². The molecule has 0 aliphatic heterocycles. The lowest BCUT2D eigenvalue weighted by atomic mass is 10.1. The first-order valence-corrected chi connectivity index (χ1v) is 8.16. The van der Waals surface area contributed by atoms with Crippen LogP contribution in [0.15, 0.2) is 17.2 Å². The van der Waals surface area contributed by atoms with Crippen molar-refractivity contribution in [2.75, 3.05) is 7.11 Å². The van der Waals surface area contributed by atoms with Crippen LogP contribution in [-0.4, -0.2) is 29.4 Å². The van der Waals surface area contributed by atoms with Crippen molar-refractivity contribution in [3.8, 4) is 5.75 Å². The molecule has 9 heteroatoms. The number of ether oxygens (including phenoxy) is 1. The zero-order valence-electron chi connectivity index (χ0n) is 13.4. The highest BCUT2D eigenvalue weighted by molar-refractivity contribution is 7.90. The van der Waals surface area contributed by atoms with E-state index < -0.39 is 20.8 Å². The molecule has 2 rings (SSSR count). The Hall–Kier alpha value is -2.42. The number of nitro groups is 1. The summed E-state index contributed by atoms with van der Waals surface area (Å²) in [5.41, 5.74) is 1.79. The monoisotopic (exact) mass is 339 g/mol. The van der Waals surface area contributed by atoms with Gasteiger partial charge in [-0.05, 0) is 48.5 Å². The van der Waals surface area contributed by atoms with E-state index >= 15 is 0 Å². The van der Waals surface area contributed by atoms with E-state index in [1.165, 1.54) is 20.1 Å². The molecule has 23 heavy (non-hydrogen) atoms. The van der Waals surface area contributed by atoms with Crippen LogP contribution >= 0.6 is 0 Å². The number of nitrogens with zero attached hydrogens (tertiary/aromatic N) is 3. The summed E-state index contributed by atoms with van der Waals surface area (Å²) in [6.45, 7) is 6.51. The van der Waals surface area contributed by atoms with Crippen LogP contribution in [0.3, 0.4) is 0 Å². The first kappa shape index (κ1) is 16.9. The normalized spacial score (nSPS) is 11.5. The Kier molecular flexibility index (Phi) is 4.16. The van der Waals surface area contributed by atoms with Gasteiger partial charge in [-0.2, -0.15) is 8.42 Å². The van der Waals surface area contributed by atoms with Crippen molar-refractivity contribution < 1.29 is 18.1 Å². The lowest BCUT2D eigenvalue weighted by Gasteiger charge is -2.15. The van der Waals surface area contributed by atoms with Crippen LogP contribution < -0.4 is 4.74 Å². The number of aromatic nitrogens is 2. The third kappa shape index (κ3) is 2.56. The molecule has 124 valence electrons. The molecular formula is C14H17N3O5S. The maximum atomic E-state index is 12.9. The van der Waals surface area contributed by atoms with Crippen molar-refractivity contribution in [2.45, 2.75) is 32.6 Å². The lowest BCUT2D eigenvalue weighted by molar-refractivity contribution is -0.390. The molecule has 1 aromatic heterocycles. The minimum absolute atomic E-state index is 0.00231. The van der Waals surface area contributed by atoms with Crippen LogP contribution in [0.25, 0.3) is 0 Å². The fourth-order valence-corrected chi connectivity index (χ4v) is 4.36. The molecule has 2 aromatic rings. The first-order valence-electron chi connectivity index (χ1n) is 6.72. The van der Waals surface area contributed by atoms with Gasteiger partial charge in [-0.1, -0.05) is 3.97 Å². The average molecular weight is 339 g/mol. The van der Waals surface area contributed by atoms with E-state index in [-0.39, 0.29) is 10.7 Å². The molecule has 0 atom stereocenters. The van der Waals surface area contributed by atoms with Crippen LogP contribution in [0, 0.1) is 37.8 Å². The van der Waals surface area contributed by atoms with Gasteiger partial charge < -0.3 is 14.9 Å². The van der Waals surface area contributed by atoms with Gasteiger partial charge in [-0.3, -0.25) is 0 Å². The smallest absolute Gasteiger partial charge is 0.358 e. The second-order valence-electron chi connectivity index (χ2n) is 5.17. The van der Waals surface area contributed by atoms with Gasteiger partial charge in [0.05, 0.1) is 7.11 Å². The Morgan fingerprint density at radius 2 is 1.83 bits per heavy atom. The topological polar surface area (TPSA) is 104 Å². The number of aryl methyl sites for hydroxylation is 2. The summed E-state index contributed by atoms with van der Waals surface area (Å²) in [7, 11) is -2.64. The van der Waals surface area contributed by atoms with Crippen molar-refractivity contribution in [1.29, 1.82) is 0 Å². The lowest BCUT2D eigenvalue weighted by Crippen LogP contribution is -2.18. The summed E-state index contributed by atoms with van der Waals surface area (Å²) in [5, 5.41) is 11.1. The fraction of sp³-hybridized carbons (Fsp3) is 0.357. The molecule has 0 bridgehead atoms. The van der Waals surface area contributed by atoms with Crippen LogP contribution in [0.5, 0.6) is 5.75 Å². The molecule has 1 aromatic carbocycles. The van der Waals surface area contributed by atoms with Crippen LogP contribution in [-0.2, 0) is 10.0 Å². The van der Waals surface area contributed by atoms with Crippen LogP contribution in [0.4, 0.5) is 5.82 Å². The molecule has 0 N–H and O–H groups in total. The third-order valence-corrected chi connectivity index (χ3v) is 5.67. The zero-order chi connectivity index (χ0) is 17.5. The number of hydrogen-bond donors (Lipinski definition) is 0. The van der Waals surface area contributed by atoms with Gasteiger partial charge in [0.25, 0.3) is 0 Å². The van der Waals surface area contributed by atoms with E-state index in [9.17, 15) is 18.5 Å². The summed E-state index contributed by atoms with van der Waals surface area (Å²) in [4.78, 5) is 14.1. The van der Waals surface area contributed by atoms with Gasteiger partial charge in [0.2, 0.25) is 5.82 Å². The maximum absolute atomic E-state index is 12.9. The van der Waals surface area contributed by atoms with Crippen molar-refractivity contribution in [2.24, 2.45) is 0 Å². The largest absolute Gasteiger partial charge is 0.496 e. The molecule has 0 saturated carbocycles. The molecule has 0 unspecified atom stereocenters. The molecule has 0 aliphatic rings. The molecule has 0 saturated heterocycles. The molecule has 8 nitrogen and oxygen atoms in total. The van der Waals surface area contributed by atoms with E-state index in [0.29, 0.717) is 26.4 Å². The predicted octanol–water partition coefficient (Wildman–Crippen LogP) is 2.27. The Bertz CT molecular complexity index is 900. The van der Waals surface area contributed by atoms with E-state index in [4.69, 9.17) is 4.74 Å². The summed E-state index contributed by atoms with van der Waals surface area (Å²) >= 11 is 0. The number of methoxy groups -OCH3 is 1. The van der Waals surface area contributed by atoms with Gasteiger partial charge in [0, 0.05) is 6.92 Å². The van der Waals surface area contributed by atoms with Crippen molar-refractivity contribution in [3.63, 3.8) is 0 Å². The Labute approximate surface area is 133 Å². The zero-order valence-corrected chi connectivity index (χ0v) is 14.3. The second kappa shape index (κ2) is 5.65. The van der Waals surface area contributed by atoms with Gasteiger partial charge in [0.1, 0.15) is 16.8 Å². The molecule has 0 aliphatic carbocycles. The number of imidazole rings is 1. The van der Waals surface area contributed by atoms with Gasteiger partial charge in [-0.25, -0.2) is 4.98 Å². The van der Waals surface area contributed by atoms with Crippen molar-refractivity contribution in [1.82, 2.24) is 8.96 Å². The quantitative estimate of drug-likeness (QED) is 0.625. The Morgan fingerprint density at radius 3 is 2.35 bits per heavy atom. The first-order chi connectivity index (χ1) is 10.6. The summed E-state index contributed by atoms with van der Waals surface area (Å²) in [6.07, 6.45) is 0.936. The Morgan fingerprint density at radius 1 is 1.22 bits per heavy atom. The highest BCUT2D eigenvalue weighted by Gasteiger charge is 2.33. The Balaban J connectivity index is 2.82. The van der Waals surface area contributed by atoms with Gasteiger partial charge in [0.15, 0.2) is 0 Å². The molecule has 0 radical (unpaired) electrons. The second-order valence-corrected chi connectivity index (χ2v) is 6.92. The summed E-state index contributed by atoms with van der Waals surface area (Å²) in [6, 6.07) is 1.46. The molecule has 0 spiro atoms. The van der Waals surface area contributed by atoms with E-state index in [1.807, 2.05) is 0 Å². The standard InChI is InChI=1S/C14H17N3O5S/c1-8-6-12(9(2)10(3)14(8)22-5)23(20,21)16-11(4)15-7-13(16)17(18)19/h6-7H,1-5H3. The van der Waals surface area contributed by atoms with E-state index in [0.717, 1.165) is 6.20 Å². The highest BCUT2D eigenvalue weighted by Crippen LogP contribution is 2.33. The van der Waals surface area contributed by atoms with Gasteiger partial charge in [-0.15, -0.1) is 0 Å². The predicted molar refractivity (Wildman–Crippen MR) is 83.4 cm³/mol. The summed E-state index contributed by atoms with van der Waals surface area (Å²) in [5.74, 6) is 0.0357. The van der Waals surface area contributed by atoms with Crippen LogP contribution in [0.2, 0.25) is 0 Å². The van der Waals surface area contributed by atoms with Crippen molar-refractivity contribution in [3.05, 3.63) is 44.9 Å². The van der Waals surface area contributed by atoms with E-state index in [2.05, 4.69) is 4.98 Å². The molecule has 0 amide bonds. The number of rotatable bonds is 4. The minimum Gasteiger partial charge on any atom is -0.496 e. The average Bonchev–Trinajstić information content (AvgIpc) is 2.86. The van der Waals surface area contributed by atoms with Crippen LogP contribution in [0.1, 0.15) is 22.5 Å². The fourth-order valence-electron chi connectivity index (χ4n) is 2.54. The molecule has 1 heterocycles. The highest BCUT2D eigenvalue weighted by atomic mass is 32.2.